The Morgan fingerprint density at radius 3 is 2.43 bits per heavy atom. The number of nitrogen functional groups attached to an aromatic ring is 3. The van der Waals surface area contributed by atoms with Gasteiger partial charge in [-0.25, -0.2) is 9.18 Å². The van der Waals surface area contributed by atoms with Crippen molar-refractivity contribution in [2.45, 2.75) is 0 Å². The fourth-order valence-corrected chi connectivity index (χ4v) is 0.980. The second-order valence-electron chi connectivity index (χ2n) is 2.65. The Labute approximate surface area is 79.6 Å². The summed E-state index contributed by atoms with van der Waals surface area (Å²) in [6, 6.07) is 1.18. The quantitative estimate of drug-likeness (QED) is 0.447. The molecule has 6 heteroatoms. The van der Waals surface area contributed by atoms with Crippen molar-refractivity contribution in [2.75, 3.05) is 24.3 Å². The average Bonchev–Trinajstić information content (AvgIpc) is 2.19. The summed E-state index contributed by atoms with van der Waals surface area (Å²) in [7, 11) is 1.16. The van der Waals surface area contributed by atoms with Gasteiger partial charge in [-0.1, -0.05) is 0 Å². The fourth-order valence-electron chi connectivity index (χ4n) is 0.980. The predicted octanol–water partition coefficient (Wildman–Crippen LogP) is 0.359. The van der Waals surface area contributed by atoms with Gasteiger partial charge >= 0.3 is 5.97 Å². The number of nitrogens with two attached hydrogens (primary N) is 3. The molecule has 0 heterocycles. The number of ether oxygens (including phenoxy) is 1. The minimum Gasteiger partial charge on any atom is -0.465 e. The van der Waals surface area contributed by atoms with Crippen LogP contribution in [0.25, 0.3) is 0 Å². The molecule has 0 unspecified atom stereocenters. The van der Waals surface area contributed by atoms with Crippen LogP contribution in [0.3, 0.4) is 0 Å². The van der Waals surface area contributed by atoms with Gasteiger partial charge < -0.3 is 21.9 Å². The van der Waals surface area contributed by atoms with Crippen LogP contribution in [-0.4, -0.2) is 13.1 Å². The van der Waals surface area contributed by atoms with E-state index in [0.717, 1.165) is 7.11 Å². The first-order valence-electron chi connectivity index (χ1n) is 3.70. The number of hydrogen-bond donors (Lipinski definition) is 3. The molecule has 0 aliphatic rings. The number of carbonyl (C=O) groups is 1. The summed E-state index contributed by atoms with van der Waals surface area (Å²) >= 11 is 0. The zero-order valence-corrected chi connectivity index (χ0v) is 7.50. The van der Waals surface area contributed by atoms with Gasteiger partial charge in [0.25, 0.3) is 0 Å². The van der Waals surface area contributed by atoms with Crippen molar-refractivity contribution in [1.82, 2.24) is 0 Å². The number of methoxy groups -OCH3 is 1. The Morgan fingerprint density at radius 2 is 1.93 bits per heavy atom. The van der Waals surface area contributed by atoms with Gasteiger partial charge in [0.05, 0.1) is 29.7 Å². The molecule has 5 nitrogen and oxygen atoms in total. The molecule has 0 bridgehead atoms. The van der Waals surface area contributed by atoms with Crippen molar-refractivity contribution in [3.63, 3.8) is 0 Å². The first kappa shape index (κ1) is 10.1. The second kappa shape index (κ2) is 3.41. The lowest BCUT2D eigenvalue weighted by molar-refractivity contribution is 0.0601. The summed E-state index contributed by atoms with van der Waals surface area (Å²) in [5.74, 6) is -1.65. The number of anilines is 3. The van der Waals surface area contributed by atoms with Crippen molar-refractivity contribution in [3.8, 4) is 0 Å². The van der Waals surface area contributed by atoms with E-state index in [1.165, 1.54) is 6.07 Å². The minimum absolute atomic E-state index is 0.0444. The summed E-state index contributed by atoms with van der Waals surface area (Å²) in [4.78, 5) is 11.1. The Kier molecular flexibility index (Phi) is 2.46. The highest BCUT2D eigenvalue weighted by atomic mass is 19.1. The normalized spacial score (nSPS) is 9.86. The largest absolute Gasteiger partial charge is 0.465 e. The van der Waals surface area contributed by atoms with Gasteiger partial charge in [0.15, 0.2) is 5.82 Å². The van der Waals surface area contributed by atoms with Crippen LogP contribution in [0.15, 0.2) is 6.07 Å². The molecule has 0 spiro atoms. The first-order chi connectivity index (χ1) is 6.49. The molecule has 14 heavy (non-hydrogen) atoms. The van der Waals surface area contributed by atoms with E-state index < -0.39 is 11.8 Å². The predicted molar refractivity (Wildman–Crippen MR) is 51.0 cm³/mol. The summed E-state index contributed by atoms with van der Waals surface area (Å²) in [5.41, 5.74) is 15.1. The van der Waals surface area contributed by atoms with Crippen molar-refractivity contribution < 1.29 is 13.9 Å². The molecule has 1 aromatic carbocycles. The summed E-state index contributed by atoms with van der Waals surface area (Å²) in [6.45, 7) is 0. The molecule has 1 aromatic rings. The molecule has 0 radical (unpaired) electrons. The van der Waals surface area contributed by atoms with E-state index in [-0.39, 0.29) is 22.6 Å². The molecule has 0 aromatic heterocycles. The molecular weight excluding hydrogens is 189 g/mol. The third-order valence-electron chi connectivity index (χ3n) is 1.78. The van der Waals surface area contributed by atoms with Crippen LogP contribution in [0.5, 0.6) is 0 Å². The maximum atomic E-state index is 13.2. The molecule has 0 amide bonds. The molecule has 0 saturated carbocycles. The Morgan fingerprint density at radius 1 is 1.36 bits per heavy atom. The minimum atomic E-state index is -0.898. The monoisotopic (exact) mass is 199 g/mol. The number of benzene rings is 1. The maximum Gasteiger partial charge on any atom is 0.340 e. The van der Waals surface area contributed by atoms with Crippen LogP contribution in [0, 0.1) is 5.82 Å². The summed E-state index contributed by atoms with van der Waals surface area (Å²) in [5, 5.41) is 0. The third kappa shape index (κ3) is 1.41. The Hall–Kier alpha value is -1.98. The van der Waals surface area contributed by atoms with Gasteiger partial charge in [0, 0.05) is 0 Å². The van der Waals surface area contributed by atoms with Crippen LogP contribution >= 0.6 is 0 Å². The zero-order valence-electron chi connectivity index (χ0n) is 7.50. The maximum absolute atomic E-state index is 13.2. The molecule has 0 atom stereocenters. The van der Waals surface area contributed by atoms with Crippen LogP contribution in [0.2, 0.25) is 0 Å². The standard InChI is InChI=1S/C8H10FN3O2/c1-14-8(13)3-2-4(10)7(12)5(9)6(3)11/h2H,10-12H2,1H3. The smallest absolute Gasteiger partial charge is 0.340 e. The van der Waals surface area contributed by atoms with Crippen LogP contribution in [0.1, 0.15) is 10.4 Å². The SMILES string of the molecule is COC(=O)c1cc(N)c(N)c(F)c1N. The van der Waals surface area contributed by atoms with Crippen LogP contribution in [0.4, 0.5) is 21.5 Å². The highest BCUT2D eigenvalue weighted by molar-refractivity contribution is 5.98. The van der Waals surface area contributed by atoms with Gasteiger partial charge in [0.2, 0.25) is 0 Å². The van der Waals surface area contributed by atoms with Crippen LogP contribution in [-0.2, 0) is 4.74 Å². The van der Waals surface area contributed by atoms with Crippen molar-refractivity contribution >= 4 is 23.0 Å². The topological polar surface area (TPSA) is 104 Å². The van der Waals surface area contributed by atoms with E-state index in [1.54, 1.807) is 0 Å². The van der Waals surface area contributed by atoms with Gasteiger partial charge in [0.1, 0.15) is 0 Å². The van der Waals surface area contributed by atoms with Crippen molar-refractivity contribution in [2.24, 2.45) is 0 Å². The van der Waals surface area contributed by atoms with Crippen molar-refractivity contribution in [1.29, 1.82) is 0 Å². The number of carbonyl (C=O) groups excluding carboxylic acids is 1. The highest BCUT2D eigenvalue weighted by Crippen LogP contribution is 2.28. The number of esters is 1. The van der Waals surface area contributed by atoms with Crippen molar-refractivity contribution in [3.05, 3.63) is 17.4 Å². The first-order valence-corrected chi connectivity index (χ1v) is 3.70. The molecule has 1 rings (SSSR count). The number of halogens is 1. The number of hydrogen-bond acceptors (Lipinski definition) is 5. The molecule has 6 N–H and O–H groups in total. The lowest BCUT2D eigenvalue weighted by Crippen LogP contribution is -2.11. The molecular formula is C8H10FN3O2. The molecule has 0 aliphatic heterocycles. The Balaban J connectivity index is 3.40. The zero-order chi connectivity index (χ0) is 10.9. The van der Waals surface area contributed by atoms with Gasteiger partial charge in [-0.2, -0.15) is 0 Å². The van der Waals surface area contributed by atoms with Gasteiger partial charge in [-0.15, -0.1) is 0 Å². The molecule has 76 valence electrons. The molecule has 0 saturated heterocycles. The van der Waals surface area contributed by atoms with E-state index in [2.05, 4.69) is 4.74 Å². The lowest BCUT2D eigenvalue weighted by Gasteiger charge is -2.08. The molecule has 0 aliphatic carbocycles. The highest BCUT2D eigenvalue weighted by Gasteiger charge is 2.17. The van der Waals surface area contributed by atoms with E-state index in [9.17, 15) is 9.18 Å². The van der Waals surface area contributed by atoms with Gasteiger partial charge in [-0.05, 0) is 6.07 Å². The Bertz CT molecular complexity index is 393. The fraction of sp³-hybridized carbons (Fsp3) is 0.125. The van der Waals surface area contributed by atoms with Gasteiger partial charge in [-0.3, -0.25) is 0 Å². The number of rotatable bonds is 1. The van der Waals surface area contributed by atoms with Crippen LogP contribution < -0.4 is 17.2 Å². The van der Waals surface area contributed by atoms with E-state index >= 15 is 0 Å². The summed E-state index contributed by atoms with van der Waals surface area (Å²) in [6.07, 6.45) is 0. The van der Waals surface area contributed by atoms with E-state index in [1.807, 2.05) is 0 Å². The average molecular weight is 199 g/mol. The lowest BCUT2D eigenvalue weighted by atomic mass is 10.1. The summed E-state index contributed by atoms with van der Waals surface area (Å²) < 4.78 is 17.6. The second-order valence-corrected chi connectivity index (χ2v) is 2.65. The van der Waals surface area contributed by atoms with E-state index in [0.29, 0.717) is 0 Å². The molecule has 0 fully saturated rings. The third-order valence-corrected chi connectivity index (χ3v) is 1.78. The van der Waals surface area contributed by atoms with E-state index in [4.69, 9.17) is 17.2 Å².